The van der Waals surface area contributed by atoms with Crippen molar-refractivity contribution in [2.75, 3.05) is 20.3 Å². The molecule has 0 radical (unpaired) electrons. The number of ether oxygens (including phenoxy) is 1. The van der Waals surface area contributed by atoms with Crippen LogP contribution in [-0.2, 0) is 9.53 Å². The first-order valence-corrected chi connectivity index (χ1v) is 7.17. The SMILES string of the molecule is COCCC1(C(=O)NCC(O)c2ccco2)CCCC1. The zero-order chi connectivity index (χ0) is 14.4. The van der Waals surface area contributed by atoms with Crippen LogP contribution >= 0.6 is 0 Å². The molecular weight excluding hydrogens is 258 g/mol. The number of carbonyl (C=O) groups is 1. The number of hydrogen-bond donors (Lipinski definition) is 2. The minimum Gasteiger partial charge on any atom is -0.467 e. The average molecular weight is 281 g/mol. The highest BCUT2D eigenvalue weighted by Crippen LogP contribution is 2.41. The number of furan rings is 1. The number of aliphatic hydroxyl groups excluding tert-OH is 1. The molecule has 2 N–H and O–H groups in total. The highest BCUT2D eigenvalue weighted by molar-refractivity contribution is 5.82. The molecule has 0 saturated heterocycles. The van der Waals surface area contributed by atoms with Crippen LogP contribution in [-0.4, -0.2) is 31.3 Å². The van der Waals surface area contributed by atoms with Gasteiger partial charge in [0.15, 0.2) is 0 Å². The zero-order valence-corrected chi connectivity index (χ0v) is 11.9. The molecule has 1 aromatic heterocycles. The summed E-state index contributed by atoms with van der Waals surface area (Å²) in [7, 11) is 1.65. The minimum atomic E-state index is -0.796. The first-order valence-electron chi connectivity index (χ1n) is 7.17. The van der Waals surface area contributed by atoms with E-state index in [4.69, 9.17) is 9.15 Å². The largest absolute Gasteiger partial charge is 0.467 e. The third kappa shape index (κ3) is 3.41. The van der Waals surface area contributed by atoms with Crippen LogP contribution < -0.4 is 5.32 Å². The highest BCUT2D eigenvalue weighted by atomic mass is 16.5. The van der Waals surface area contributed by atoms with E-state index in [-0.39, 0.29) is 17.9 Å². The fourth-order valence-corrected chi connectivity index (χ4v) is 2.90. The third-order valence-corrected chi connectivity index (χ3v) is 4.15. The topological polar surface area (TPSA) is 71.7 Å². The quantitative estimate of drug-likeness (QED) is 0.802. The lowest BCUT2D eigenvalue weighted by Crippen LogP contribution is -2.41. The maximum absolute atomic E-state index is 12.4. The normalized spacial score (nSPS) is 18.9. The second-order valence-corrected chi connectivity index (χ2v) is 5.47. The number of carbonyl (C=O) groups excluding carboxylic acids is 1. The molecule has 0 spiro atoms. The van der Waals surface area contributed by atoms with Gasteiger partial charge in [0.25, 0.3) is 0 Å². The van der Waals surface area contributed by atoms with E-state index in [2.05, 4.69) is 5.32 Å². The number of hydrogen-bond acceptors (Lipinski definition) is 4. The molecule has 0 bridgehead atoms. The standard InChI is InChI=1S/C15H23NO4/c1-19-10-8-15(6-2-3-7-15)14(18)16-11-12(17)13-5-4-9-20-13/h4-5,9,12,17H,2-3,6-8,10-11H2,1H3,(H,16,18). The fourth-order valence-electron chi connectivity index (χ4n) is 2.90. The van der Waals surface area contributed by atoms with Gasteiger partial charge in [0.2, 0.25) is 5.91 Å². The molecule has 1 aliphatic rings. The predicted octanol–water partition coefficient (Wildman–Crippen LogP) is 2.03. The summed E-state index contributed by atoms with van der Waals surface area (Å²) in [6.45, 7) is 0.773. The number of amides is 1. The zero-order valence-electron chi connectivity index (χ0n) is 11.9. The lowest BCUT2D eigenvalue weighted by Gasteiger charge is -2.27. The third-order valence-electron chi connectivity index (χ3n) is 4.15. The number of aliphatic hydroxyl groups is 1. The Morgan fingerprint density at radius 3 is 2.90 bits per heavy atom. The number of methoxy groups -OCH3 is 1. The first kappa shape index (κ1) is 15.1. The van der Waals surface area contributed by atoms with Gasteiger partial charge in [-0.2, -0.15) is 0 Å². The Hall–Kier alpha value is -1.33. The summed E-state index contributed by atoms with van der Waals surface area (Å²) in [4.78, 5) is 12.4. The molecule has 5 heteroatoms. The van der Waals surface area contributed by atoms with Gasteiger partial charge in [-0.05, 0) is 31.4 Å². The van der Waals surface area contributed by atoms with E-state index in [1.165, 1.54) is 6.26 Å². The molecule has 112 valence electrons. The van der Waals surface area contributed by atoms with Crippen molar-refractivity contribution in [2.24, 2.45) is 5.41 Å². The lowest BCUT2D eigenvalue weighted by atomic mass is 9.82. The average Bonchev–Trinajstić information content (AvgIpc) is 3.13. The van der Waals surface area contributed by atoms with Crippen LogP contribution in [0.3, 0.4) is 0 Å². The van der Waals surface area contributed by atoms with Crippen LogP contribution in [0.1, 0.15) is 44.0 Å². The van der Waals surface area contributed by atoms with Crippen LogP contribution in [0.2, 0.25) is 0 Å². The van der Waals surface area contributed by atoms with Crippen molar-refractivity contribution in [3.8, 4) is 0 Å². The van der Waals surface area contributed by atoms with Gasteiger partial charge in [-0.25, -0.2) is 0 Å². The maximum Gasteiger partial charge on any atom is 0.226 e. The Bertz CT molecular complexity index is 410. The van der Waals surface area contributed by atoms with E-state index < -0.39 is 6.10 Å². The van der Waals surface area contributed by atoms with Crippen molar-refractivity contribution in [1.82, 2.24) is 5.32 Å². The molecule has 0 aromatic carbocycles. The number of rotatable bonds is 7. The van der Waals surface area contributed by atoms with Gasteiger partial charge in [0, 0.05) is 13.7 Å². The second kappa shape index (κ2) is 6.90. The van der Waals surface area contributed by atoms with Crippen LogP contribution in [0, 0.1) is 5.41 Å². The Morgan fingerprint density at radius 2 is 2.30 bits per heavy atom. The van der Waals surface area contributed by atoms with E-state index in [9.17, 15) is 9.90 Å². The first-order chi connectivity index (χ1) is 9.68. The summed E-state index contributed by atoms with van der Waals surface area (Å²) in [5, 5.41) is 12.8. The van der Waals surface area contributed by atoms with Crippen molar-refractivity contribution in [2.45, 2.75) is 38.2 Å². The molecule has 1 aliphatic carbocycles. The van der Waals surface area contributed by atoms with Gasteiger partial charge in [-0.3, -0.25) is 4.79 Å². The molecule has 20 heavy (non-hydrogen) atoms. The molecule has 2 rings (SSSR count). The van der Waals surface area contributed by atoms with Crippen LogP contribution in [0.4, 0.5) is 0 Å². The summed E-state index contributed by atoms with van der Waals surface area (Å²) in [6.07, 6.45) is 5.42. The molecule has 1 heterocycles. The van der Waals surface area contributed by atoms with Gasteiger partial charge >= 0.3 is 0 Å². The van der Waals surface area contributed by atoms with Gasteiger partial charge in [-0.15, -0.1) is 0 Å². The molecular formula is C15H23NO4. The van der Waals surface area contributed by atoms with Crippen LogP contribution in [0.15, 0.2) is 22.8 Å². The Labute approximate surface area is 119 Å². The van der Waals surface area contributed by atoms with E-state index >= 15 is 0 Å². The molecule has 1 amide bonds. The molecule has 1 fully saturated rings. The summed E-state index contributed by atoms with van der Waals surface area (Å²) in [6, 6.07) is 3.42. The molecule has 1 atom stereocenters. The van der Waals surface area contributed by atoms with Crippen molar-refractivity contribution >= 4 is 5.91 Å². The predicted molar refractivity (Wildman–Crippen MR) is 74.1 cm³/mol. The molecule has 1 saturated carbocycles. The molecule has 0 aliphatic heterocycles. The lowest BCUT2D eigenvalue weighted by molar-refractivity contribution is -0.132. The summed E-state index contributed by atoms with van der Waals surface area (Å²) in [5.41, 5.74) is -0.321. The minimum absolute atomic E-state index is 0.0256. The van der Waals surface area contributed by atoms with Crippen LogP contribution in [0.25, 0.3) is 0 Å². The van der Waals surface area contributed by atoms with E-state index in [1.807, 2.05) is 0 Å². The summed E-state index contributed by atoms with van der Waals surface area (Å²) in [5.74, 6) is 0.500. The molecule has 1 aromatic rings. The summed E-state index contributed by atoms with van der Waals surface area (Å²) < 4.78 is 10.2. The van der Waals surface area contributed by atoms with Gasteiger partial charge in [0.05, 0.1) is 18.2 Å². The van der Waals surface area contributed by atoms with E-state index in [1.54, 1.807) is 19.2 Å². The molecule has 5 nitrogen and oxygen atoms in total. The highest BCUT2D eigenvalue weighted by Gasteiger charge is 2.40. The van der Waals surface area contributed by atoms with Crippen molar-refractivity contribution < 1.29 is 19.1 Å². The summed E-state index contributed by atoms with van der Waals surface area (Å²) >= 11 is 0. The van der Waals surface area contributed by atoms with Crippen LogP contribution in [0.5, 0.6) is 0 Å². The second-order valence-electron chi connectivity index (χ2n) is 5.47. The number of nitrogens with one attached hydrogen (secondary N) is 1. The van der Waals surface area contributed by atoms with E-state index in [0.717, 1.165) is 32.1 Å². The smallest absolute Gasteiger partial charge is 0.226 e. The Balaban J connectivity index is 1.88. The van der Waals surface area contributed by atoms with E-state index in [0.29, 0.717) is 12.4 Å². The monoisotopic (exact) mass is 281 g/mol. The van der Waals surface area contributed by atoms with Gasteiger partial charge < -0.3 is 19.6 Å². The Kier molecular flexibility index (Phi) is 5.20. The molecule has 1 unspecified atom stereocenters. The van der Waals surface area contributed by atoms with Crippen molar-refractivity contribution in [3.63, 3.8) is 0 Å². The maximum atomic E-state index is 12.4. The Morgan fingerprint density at radius 1 is 1.55 bits per heavy atom. The fraction of sp³-hybridized carbons (Fsp3) is 0.667. The van der Waals surface area contributed by atoms with Crippen molar-refractivity contribution in [3.05, 3.63) is 24.2 Å². The van der Waals surface area contributed by atoms with Gasteiger partial charge in [-0.1, -0.05) is 12.8 Å². The van der Waals surface area contributed by atoms with Crippen molar-refractivity contribution in [1.29, 1.82) is 0 Å². The van der Waals surface area contributed by atoms with Gasteiger partial charge in [0.1, 0.15) is 11.9 Å².